The van der Waals surface area contributed by atoms with Gasteiger partial charge in [0, 0.05) is 13.1 Å². The van der Waals surface area contributed by atoms with Gasteiger partial charge in [0.25, 0.3) is 0 Å². The number of anilines is 1. The lowest BCUT2D eigenvalue weighted by molar-refractivity contribution is 0.293. The molecule has 108 valence electrons. The molecule has 0 aliphatic carbocycles. The Morgan fingerprint density at radius 2 is 2.19 bits per heavy atom. The van der Waals surface area contributed by atoms with Crippen molar-refractivity contribution in [3.63, 3.8) is 0 Å². The summed E-state index contributed by atoms with van der Waals surface area (Å²) in [6.07, 6.45) is 0. The van der Waals surface area contributed by atoms with Crippen molar-refractivity contribution in [1.29, 1.82) is 0 Å². The van der Waals surface area contributed by atoms with Crippen LogP contribution >= 0.6 is 27.3 Å². The number of hydrogen-bond donors (Lipinski definition) is 1. The second-order valence-electron chi connectivity index (χ2n) is 4.24. The van der Waals surface area contributed by atoms with Gasteiger partial charge in [0.15, 0.2) is 5.82 Å². The molecule has 21 heavy (non-hydrogen) atoms. The maximum Gasteiger partial charge on any atom is 0.169 e. The van der Waals surface area contributed by atoms with E-state index in [1.54, 1.807) is 17.4 Å². The zero-order valence-electron chi connectivity index (χ0n) is 11.1. The topological polar surface area (TPSA) is 47.0 Å². The van der Waals surface area contributed by atoms with Crippen LogP contribution in [-0.4, -0.2) is 17.0 Å². The van der Waals surface area contributed by atoms with Gasteiger partial charge in [0.1, 0.15) is 28.8 Å². The van der Waals surface area contributed by atoms with Gasteiger partial charge in [-0.1, -0.05) is 0 Å². The molecule has 2 heterocycles. The van der Waals surface area contributed by atoms with Gasteiger partial charge >= 0.3 is 0 Å². The van der Waals surface area contributed by atoms with E-state index in [-0.39, 0.29) is 12.4 Å². The Bertz CT molecular complexity index is 793. The van der Waals surface area contributed by atoms with Crippen LogP contribution in [0.5, 0.6) is 5.75 Å². The highest BCUT2D eigenvalue weighted by Crippen LogP contribution is 2.27. The number of nitrogens with one attached hydrogen (secondary N) is 1. The molecule has 0 saturated heterocycles. The fraction of sp³-hybridized carbons (Fsp3) is 0.143. The van der Waals surface area contributed by atoms with E-state index in [2.05, 4.69) is 31.2 Å². The summed E-state index contributed by atoms with van der Waals surface area (Å²) in [6.45, 7) is 0.171. The lowest BCUT2D eigenvalue weighted by atomic mass is 10.3. The monoisotopic (exact) mass is 367 g/mol. The molecule has 0 atom stereocenters. The third kappa shape index (κ3) is 2.98. The predicted molar refractivity (Wildman–Crippen MR) is 85.4 cm³/mol. The Morgan fingerprint density at radius 3 is 3.00 bits per heavy atom. The van der Waals surface area contributed by atoms with Crippen LogP contribution in [-0.2, 0) is 6.61 Å². The van der Waals surface area contributed by atoms with Gasteiger partial charge < -0.3 is 10.1 Å². The summed E-state index contributed by atoms with van der Waals surface area (Å²) in [4.78, 5) is 9.75. The number of benzene rings is 1. The first-order valence-electron chi connectivity index (χ1n) is 6.17. The van der Waals surface area contributed by atoms with E-state index in [0.29, 0.717) is 16.0 Å². The van der Waals surface area contributed by atoms with Gasteiger partial charge in [-0.25, -0.2) is 14.4 Å². The van der Waals surface area contributed by atoms with Crippen LogP contribution in [0, 0.1) is 5.82 Å². The molecular weight excluding hydrogens is 357 g/mol. The Balaban J connectivity index is 1.86. The van der Waals surface area contributed by atoms with Crippen molar-refractivity contribution in [3.05, 3.63) is 45.8 Å². The highest BCUT2D eigenvalue weighted by Gasteiger charge is 2.09. The second kappa shape index (κ2) is 5.95. The van der Waals surface area contributed by atoms with E-state index < -0.39 is 0 Å². The number of thiophene rings is 1. The largest absolute Gasteiger partial charge is 0.484 e. The van der Waals surface area contributed by atoms with E-state index >= 15 is 0 Å². The zero-order chi connectivity index (χ0) is 14.8. The van der Waals surface area contributed by atoms with Crippen molar-refractivity contribution < 1.29 is 9.13 Å². The Labute approximate surface area is 133 Å². The second-order valence-corrected chi connectivity index (χ2v) is 5.99. The lowest BCUT2D eigenvalue weighted by Crippen LogP contribution is -2.04. The molecule has 0 amide bonds. The standard InChI is InChI=1S/C14H11BrFN3OS/c1-17-13-9-4-5-21-14(9)19-12(18-13)7-20-11-6-8(16)2-3-10(11)15/h2-6H,7H2,1H3,(H,17,18,19). The zero-order valence-corrected chi connectivity index (χ0v) is 13.5. The van der Waals surface area contributed by atoms with Gasteiger partial charge in [-0.2, -0.15) is 0 Å². The molecule has 0 spiro atoms. The van der Waals surface area contributed by atoms with E-state index in [1.807, 2.05) is 18.5 Å². The quantitative estimate of drug-likeness (QED) is 0.749. The SMILES string of the molecule is CNc1nc(COc2cc(F)ccc2Br)nc2sccc12. The maximum atomic E-state index is 13.2. The molecule has 0 radical (unpaired) electrons. The molecule has 1 aromatic carbocycles. The number of hydrogen-bond acceptors (Lipinski definition) is 5. The van der Waals surface area contributed by atoms with Gasteiger partial charge in [-0.05, 0) is 39.5 Å². The molecule has 4 nitrogen and oxygen atoms in total. The molecule has 7 heteroatoms. The normalized spacial score (nSPS) is 10.8. The van der Waals surface area contributed by atoms with Crippen molar-refractivity contribution in [3.8, 4) is 5.75 Å². The molecule has 0 saturated carbocycles. The van der Waals surface area contributed by atoms with Gasteiger partial charge in [-0.15, -0.1) is 11.3 Å². The average Bonchev–Trinajstić information content (AvgIpc) is 2.95. The summed E-state index contributed by atoms with van der Waals surface area (Å²) in [5.74, 6) is 1.39. The first-order chi connectivity index (χ1) is 10.2. The number of nitrogens with zero attached hydrogens (tertiary/aromatic N) is 2. The van der Waals surface area contributed by atoms with Crippen molar-refractivity contribution in [2.24, 2.45) is 0 Å². The van der Waals surface area contributed by atoms with E-state index in [4.69, 9.17) is 4.74 Å². The van der Waals surface area contributed by atoms with Crippen LogP contribution in [0.1, 0.15) is 5.82 Å². The molecule has 1 N–H and O–H groups in total. The third-order valence-corrected chi connectivity index (χ3v) is 4.32. The number of halogens is 2. The van der Waals surface area contributed by atoms with Gasteiger partial charge in [0.05, 0.1) is 9.86 Å². The number of aromatic nitrogens is 2. The molecular formula is C14H11BrFN3OS. The molecule has 3 aromatic rings. The summed E-state index contributed by atoms with van der Waals surface area (Å²) in [6, 6.07) is 6.27. The van der Waals surface area contributed by atoms with Crippen LogP contribution in [0.25, 0.3) is 10.2 Å². The molecule has 2 aromatic heterocycles. The highest BCUT2D eigenvalue weighted by molar-refractivity contribution is 9.10. The number of fused-ring (bicyclic) bond motifs is 1. The minimum Gasteiger partial charge on any atom is -0.484 e. The summed E-state index contributed by atoms with van der Waals surface area (Å²) < 4.78 is 19.5. The average molecular weight is 368 g/mol. The molecule has 0 unspecified atom stereocenters. The van der Waals surface area contributed by atoms with E-state index in [0.717, 1.165) is 16.0 Å². The van der Waals surface area contributed by atoms with Crippen molar-refractivity contribution >= 4 is 43.3 Å². The molecule has 0 fully saturated rings. The summed E-state index contributed by atoms with van der Waals surface area (Å²) in [5, 5.41) is 6.00. The first kappa shape index (κ1) is 14.2. The summed E-state index contributed by atoms with van der Waals surface area (Å²) >= 11 is 4.87. The predicted octanol–water partition coefficient (Wildman–Crippen LogP) is 4.21. The van der Waals surface area contributed by atoms with Gasteiger partial charge in [-0.3, -0.25) is 0 Å². The van der Waals surface area contributed by atoms with Crippen molar-refractivity contribution in [2.75, 3.05) is 12.4 Å². The Hall–Kier alpha value is -1.73. The smallest absolute Gasteiger partial charge is 0.169 e. The van der Waals surface area contributed by atoms with Crippen LogP contribution in [0.2, 0.25) is 0 Å². The fourth-order valence-electron chi connectivity index (χ4n) is 1.88. The van der Waals surface area contributed by atoms with Crippen LogP contribution in [0.15, 0.2) is 34.1 Å². The molecule has 0 aliphatic heterocycles. The Morgan fingerprint density at radius 1 is 1.33 bits per heavy atom. The number of rotatable bonds is 4. The van der Waals surface area contributed by atoms with Crippen LogP contribution in [0.4, 0.5) is 10.2 Å². The summed E-state index contributed by atoms with van der Waals surface area (Å²) in [5.41, 5.74) is 0. The first-order valence-corrected chi connectivity index (χ1v) is 7.84. The van der Waals surface area contributed by atoms with E-state index in [1.165, 1.54) is 12.1 Å². The van der Waals surface area contributed by atoms with Crippen LogP contribution in [0.3, 0.4) is 0 Å². The van der Waals surface area contributed by atoms with Crippen molar-refractivity contribution in [1.82, 2.24) is 9.97 Å². The lowest BCUT2D eigenvalue weighted by Gasteiger charge is -2.09. The van der Waals surface area contributed by atoms with Gasteiger partial charge in [0.2, 0.25) is 0 Å². The molecule has 0 aliphatic rings. The number of ether oxygens (including phenoxy) is 1. The minimum atomic E-state index is -0.348. The highest BCUT2D eigenvalue weighted by atomic mass is 79.9. The van der Waals surface area contributed by atoms with Crippen LogP contribution < -0.4 is 10.1 Å². The molecule has 0 bridgehead atoms. The van der Waals surface area contributed by atoms with Crippen molar-refractivity contribution in [2.45, 2.75) is 6.61 Å². The Kier molecular flexibility index (Phi) is 4.03. The third-order valence-electron chi connectivity index (χ3n) is 2.86. The fourth-order valence-corrected chi connectivity index (χ4v) is 3.03. The summed E-state index contributed by atoms with van der Waals surface area (Å²) in [7, 11) is 1.81. The minimum absolute atomic E-state index is 0.171. The molecule has 3 rings (SSSR count). The van der Waals surface area contributed by atoms with E-state index in [9.17, 15) is 4.39 Å². The maximum absolute atomic E-state index is 13.2.